The number of anilines is 1. The van der Waals surface area contributed by atoms with Gasteiger partial charge in [0.1, 0.15) is 6.33 Å². The molecule has 146 valence electrons. The Hall–Kier alpha value is -3.26. The first-order valence-electron chi connectivity index (χ1n) is 9.03. The molecule has 0 aliphatic rings. The molecule has 3 aromatic rings. The predicted octanol–water partition coefficient (Wildman–Crippen LogP) is 2.33. The fourth-order valence-electron chi connectivity index (χ4n) is 2.89. The van der Waals surface area contributed by atoms with Gasteiger partial charge in [0, 0.05) is 17.6 Å². The molecular weight excluding hydrogens is 356 g/mol. The van der Waals surface area contributed by atoms with Gasteiger partial charge >= 0.3 is 6.03 Å². The van der Waals surface area contributed by atoms with Crippen LogP contribution in [-0.2, 0) is 6.42 Å². The maximum Gasteiger partial charge on any atom is 0.319 e. The molecule has 0 fully saturated rings. The SMILES string of the molecule is Cc1ccc(-n2cnnn2)cc1NC(=O)NCC(C)(CO)Cc1ccccc1. The average Bonchev–Trinajstić information content (AvgIpc) is 3.24. The van der Waals surface area contributed by atoms with E-state index in [0.29, 0.717) is 18.7 Å². The van der Waals surface area contributed by atoms with Gasteiger partial charge in [0.15, 0.2) is 0 Å². The summed E-state index contributed by atoms with van der Waals surface area (Å²) in [4.78, 5) is 12.4. The number of carbonyl (C=O) groups excluding carboxylic acids is 1. The van der Waals surface area contributed by atoms with Gasteiger partial charge in [-0.15, -0.1) is 5.10 Å². The van der Waals surface area contributed by atoms with E-state index in [0.717, 1.165) is 16.8 Å². The maximum absolute atomic E-state index is 12.4. The van der Waals surface area contributed by atoms with Crippen LogP contribution in [0.15, 0.2) is 54.9 Å². The molecule has 0 radical (unpaired) electrons. The lowest BCUT2D eigenvalue weighted by Crippen LogP contribution is -2.41. The fourth-order valence-corrected chi connectivity index (χ4v) is 2.89. The fraction of sp³-hybridized carbons (Fsp3) is 0.300. The summed E-state index contributed by atoms with van der Waals surface area (Å²) in [5.41, 5.74) is 2.99. The smallest absolute Gasteiger partial charge is 0.319 e. The van der Waals surface area contributed by atoms with Crippen LogP contribution in [0.2, 0.25) is 0 Å². The molecule has 1 atom stereocenters. The predicted molar refractivity (Wildman–Crippen MR) is 106 cm³/mol. The van der Waals surface area contributed by atoms with Crippen molar-refractivity contribution in [2.24, 2.45) is 5.41 Å². The third kappa shape index (κ3) is 4.92. The van der Waals surface area contributed by atoms with Crippen molar-refractivity contribution in [2.45, 2.75) is 20.3 Å². The number of benzene rings is 2. The minimum atomic E-state index is -0.456. The summed E-state index contributed by atoms with van der Waals surface area (Å²) in [7, 11) is 0. The van der Waals surface area contributed by atoms with Gasteiger partial charge in [-0.2, -0.15) is 0 Å². The van der Waals surface area contributed by atoms with Crippen molar-refractivity contribution in [2.75, 3.05) is 18.5 Å². The van der Waals surface area contributed by atoms with Crippen LogP contribution in [0.3, 0.4) is 0 Å². The highest BCUT2D eigenvalue weighted by Gasteiger charge is 2.24. The van der Waals surface area contributed by atoms with Gasteiger partial charge in [0.25, 0.3) is 0 Å². The van der Waals surface area contributed by atoms with Crippen LogP contribution >= 0.6 is 0 Å². The average molecular weight is 380 g/mol. The number of urea groups is 1. The number of aliphatic hydroxyl groups excluding tert-OH is 1. The number of tetrazole rings is 1. The number of aromatic nitrogens is 4. The molecule has 8 heteroatoms. The second-order valence-electron chi connectivity index (χ2n) is 7.19. The zero-order valence-corrected chi connectivity index (χ0v) is 16.0. The highest BCUT2D eigenvalue weighted by atomic mass is 16.3. The van der Waals surface area contributed by atoms with E-state index in [9.17, 15) is 9.90 Å². The van der Waals surface area contributed by atoms with Gasteiger partial charge < -0.3 is 15.7 Å². The molecule has 0 saturated heterocycles. The Morgan fingerprint density at radius 1 is 1.21 bits per heavy atom. The number of aliphatic hydroxyl groups is 1. The molecule has 0 bridgehead atoms. The van der Waals surface area contributed by atoms with Crippen LogP contribution in [-0.4, -0.2) is 44.5 Å². The van der Waals surface area contributed by atoms with E-state index in [1.165, 1.54) is 11.0 Å². The van der Waals surface area contributed by atoms with Crippen LogP contribution in [0.25, 0.3) is 5.69 Å². The third-order valence-electron chi connectivity index (χ3n) is 4.61. The molecular formula is C20H24N6O2. The molecule has 3 N–H and O–H groups in total. The van der Waals surface area contributed by atoms with E-state index in [4.69, 9.17) is 0 Å². The molecule has 1 heterocycles. The normalized spacial score (nSPS) is 13.0. The summed E-state index contributed by atoms with van der Waals surface area (Å²) in [5, 5.41) is 26.7. The zero-order valence-electron chi connectivity index (χ0n) is 16.0. The highest BCUT2D eigenvalue weighted by molar-refractivity contribution is 5.90. The largest absolute Gasteiger partial charge is 0.396 e. The molecule has 28 heavy (non-hydrogen) atoms. The second-order valence-corrected chi connectivity index (χ2v) is 7.19. The summed E-state index contributed by atoms with van der Waals surface area (Å²) < 4.78 is 1.52. The molecule has 3 rings (SSSR count). The minimum Gasteiger partial charge on any atom is -0.396 e. The summed E-state index contributed by atoms with van der Waals surface area (Å²) in [5.74, 6) is 0. The van der Waals surface area contributed by atoms with Crippen LogP contribution in [0, 0.1) is 12.3 Å². The molecule has 0 saturated carbocycles. The van der Waals surface area contributed by atoms with Crippen molar-refractivity contribution in [3.8, 4) is 5.69 Å². The summed E-state index contributed by atoms with van der Waals surface area (Å²) in [6.45, 7) is 4.17. The number of carbonyl (C=O) groups is 1. The van der Waals surface area contributed by atoms with E-state index in [1.807, 2.05) is 56.3 Å². The topological polar surface area (TPSA) is 105 Å². The van der Waals surface area contributed by atoms with Gasteiger partial charge in [-0.3, -0.25) is 0 Å². The summed E-state index contributed by atoms with van der Waals surface area (Å²) >= 11 is 0. The van der Waals surface area contributed by atoms with E-state index in [1.54, 1.807) is 6.07 Å². The third-order valence-corrected chi connectivity index (χ3v) is 4.61. The van der Waals surface area contributed by atoms with Crippen molar-refractivity contribution in [3.63, 3.8) is 0 Å². The number of nitrogens with one attached hydrogen (secondary N) is 2. The van der Waals surface area contributed by atoms with Gasteiger partial charge in [0.05, 0.1) is 12.3 Å². The van der Waals surface area contributed by atoms with E-state index >= 15 is 0 Å². The van der Waals surface area contributed by atoms with Crippen LogP contribution in [0.1, 0.15) is 18.1 Å². The lowest BCUT2D eigenvalue weighted by Gasteiger charge is -2.28. The Morgan fingerprint density at radius 2 is 2.00 bits per heavy atom. The number of rotatable bonds is 7. The lowest BCUT2D eigenvalue weighted by atomic mass is 9.84. The zero-order chi connectivity index (χ0) is 20.0. The van der Waals surface area contributed by atoms with Gasteiger partial charge in [-0.05, 0) is 47.0 Å². The quantitative estimate of drug-likeness (QED) is 0.583. The molecule has 0 aliphatic heterocycles. The van der Waals surface area contributed by atoms with Crippen molar-refractivity contribution < 1.29 is 9.90 Å². The summed E-state index contributed by atoms with van der Waals surface area (Å²) in [6.07, 6.45) is 2.16. The number of hydrogen-bond donors (Lipinski definition) is 3. The Bertz CT molecular complexity index is 914. The molecule has 0 spiro atoms. The molecule has 0 aliphatic carbocycles. The summed E-state index contributed by atoms with van der Waals surface area (Å²) in [6, 6.07) is 15.2. The van der Waals surface area contributed by atoms with E-state index in [-0.39, 0.29) is 12.6 Å². The standard InChI is InChI=1S/C20H24N6O2/c1-15-8-9-17(26-14-22-24-25-26)10-18(15)23-19(28)21-12-20(2,13-27)11-16-6-4-3-5-7-16/h3-10,14,27H,11-13H2,1-2H3,(H2,21,23,28). The number of amides is 2. The highest BCUT2D eigenvalue weighted by Crippen LogP contribution is 2.22. The van der Waals surface area contributed by atoms with Crippen LogP contribution < -0.4 is 10.6 Å². The van der Waals surface area contributed by atoms with Gasteiger partial charge in [0.2, 0.25) is 0 Å². The Labute approximate surface area is 163 Å². The van der Waals surface area contributed by atoms with E-state index < -0.39 is 5.41 Å². The molecule has 2 aromatic carbocycles. The van der Waals surface area contributed by atoms with E-state index in [2.05, 4.69) is 26.2 Å². The van der Waals surface area contributed by atoms with Crippen LogP contribution in [0.4, 0.5) is 10.5 Å². The number of nitrogens with zero attached hydrogens (tertiary/aromatic N) is 4. The molecule has 1 unspecified atom stereocenters. The van der Waals surface area contributed by atoms with Crippen molar-refractivity contribution in [1.29, 1.82) is 0 Å². The Morgan fingerprint density at radius 3 is 2.68 bits per heavy atom. The molecule has 1 aromatic heterocycles. The number of aryl methyl sites for hydroxylation is 1. The maximum atomic E-state index is 12.4. The second kappa shape index (κ2) is 8.62. The lowest BCUT2D eigenvalue weighted by molar-refractivity contribution is 0.141. The van der Waals surface area contributed by atoms with Crippen molar-refractivity contribution >= 4 is 11.7 Å². The first kappa shape index (κ1) is 19.5. The molecule has 8 nitrogen and oxygen atoms in total. The van der Waals surface area contributed by atoms with Crippen LogP contribution in [0.5, 0.6) is 0 Å². The first-order valence-corrected chi connectivity index (χ1v) is 9.03. The Balaban J connectivity index is 1.63. The minimum absolute atomic E-state index is 0.0318. The van der Waals surface area contributed by atoms with Gasteiger partial charge in [-0.25, -0.2) is 9.48 Å². The van der Waals surface area contributed by atoms with Crippen molar-refractivity contribution in [1.82, 2.24) is 25.5 Å². The first-order chi connectivity index (χ1) is 13.5. The Kier molecular flexibility index (Phi) is 6.00. The monoisotopic (exact) mass is 380 g/mol. The number of hydrogen-bond acceptors (Lipinski definition) is 5. The van der Waals surface area contributed by atoms with Crippen molar-refractivity contribution in [3.05, 3.63) is 66.0 Å². The van der Waals surface area contributed by atoms with Gasteiger partial charge in [-0.1, -0.05) is 43.3 Å². The molecule has 2 amide bonds.